The maximum Gasteiger partial charge on any atom is 0.573 e. The first-order valence-electron chi connectivity index (χ1n) is 7.67. The minimum atomic E-state index is -4.74. The molecule has 0 bridgehead atoms. The number of H-pyrrole nitrogens is 1. The molecule has 1 aromatic heterocycles. The van der Waals surface area contributed by atoms with Crippen molar-refractivity contribution in [1.29, 1.82) is 0 Å². The highest BCUT2D eigenvalue weighted by Gasteiger charge is 2.31. The van der Waals surface area contributed by atoms with Crippen molar-refractivity contribution >= 4 is 28.4 Å². The summed E-state index contributed by atoms with van der Waals surface area (Å²) in [5.74, 6) is -0.729. The molecule has 136 valence electrons. The van der Waals surface area contributed by atoms with Crippen LogP contribution in [0.4, 0.5) is 13.2 Å². The van der Waals surface area contributed by atoms with E-state index in [1.165, 1.54) is 24.3 Å². The van der Waals surface area contributed by atoms with Crippen LogP contribution in [0.3, 0.4) is 0 Å². The van der Waals surface area contributed by atoms with Gasteiger partial charge >= 0.3 is 6.36 Å². The standard InChI is InChI=1S/C18H14ClF3N2O2/c1-10(11-6-8-12(9-7-11)26-18(20,21)22)23-17(25)16-15(19)13-4-2-3-5-14(13)24-16/h2-10,24H,1H3,(H,23,25). The minimum absolute atomic E-state index is 0.233. The normalized spacial score (nSPS) is 12.8. The molecule has 0 radical (unpaired) electrons. The zero-order valence-electron chi connectivity index (χ0n) is 13.5. The predicted octanol–water partition coefficient (Wildman–Crippen LogP) is 5.21. The van der Waals surface area contributed by atoms with E-state index in [1.807, 2.05) is 12.1 Å². The number of halogens is 4. The molecule has 8 heteroatoms. The molecule has 0 aliphatic heterocycles. The van der Waals surface area contributed by atoms with Crippen LogP contribution in [0, 0.1) is 0 Å². The van der Waals surface area contributed by atoms with Gasteiger partial charge in [-0.05, 0) is 30.7 Å². The number of amides is 1. The van der Waals surface area contributed by atoms with E-state index in [2.05, 4.69) is 15.0 Å². The number of para-hydroxylation sites is 1. The van der Waals surface area contributed by atoms with Gasteiger partial charge in [0.1, 0.15) is 11.4 Å². The molecular formula is C18H14ClF3N2O2. The van der Waals surface area contributed by atoms with E-state index in [1.54, 1.807) is 19.1 Å². The molecule has 0 fully saturated rings. The lowest BCUT2D eigenvalue weighted by atomic mass is 10.1. The predicted molar refractivity (Wildman–Crippen MR) is 92.3 cm³/mol. The summed E-state index contributed by atoms with van der Waals surface area (Å²) in [5.41, 5.74) is 1.60. The van der Waals surface area contributed by atoms with Gasteiger partial charge in [0.05, 0.1) is 11.1 Å². The largest absolute Gasteiger partial charge is 0.573 e. The Bertz CT molecular complexity index is 936. The third-order valence-corrected chi connectivity index (χ3v) is 4.22. The first kappa shape index (κ1) is 18.1. The molecule has 26 heavy (non-hydrogen) atoms. The molecule has 2 N–H and O–H groups in total. The highest BCUT2D eigenvalue weighted by Crippen LogP contribution is 2.28. The second-order valence-electron chi connectivity index (χ2n) is 5.67. The quantitative estimate of drug-likeness (QED) is 0.650. The Hall–Kier alpha value is -2.67. The summed E-state index contributed by atoms with van der Waals surface area (Å²) < 4.78 is 40.4. The fourth-order valence-corrected chi connectivity index (χ4v) is 2.87. The zero-order valence-corrected chi connectivity index (χ0v) is 14.3. The van der Waals surface area contributed by atoms with Gasteiger partial charge in [-0.2, -0.15) is 0 Å². The van der Waals surface area contributed by atoms with Crippen molar-refractivity contribution in [3.05, 3.63) is 64.8 Å². The molecular weight excluding hydrogens is 369 g/mol. The third kappa shape index (κ3) is 3.94. The van der Waals surface area contributed by atoms with Crippen molar-refractivity contribution in [3.8, 4) is 5.75 Å². The molecule has 1 heterocycles. The highest BCUT2D eigenvalue weighted by molar-refractivity contribution is 6.38. The molecule has 1 unspecified atom stereocenters. The monoisotopic (exact) mass is 382 g/mol. The Kier molecular flexibility index (Phi) is 4.82. The fraction of sp³-hybridized carbons (Fsp3) is 0.167. The van der Waals surface area contributed by atoms with Crippen LogP contribution in [0.5, 0.6) is 5.75 Å². The van der Waals surface area contributed by atoms with Crippen LogP contribution in [0.2, 0.25) is 5.02 Å². The average Bonchev–Trinajstić information content (AvgIpc) is 2.91. The van der Waals surface area contributed by atoms with Crippen LogP contribution < -0.4 is 10.1 Å². The van der Waals surface area contributed by atoms with Gasteiger partial charge in [-0.3, -0.25) is 4.79 Å². The van der Waals surface area contributed by atoms with Crippen molar-refractivity contribution < 1.29 is 22.7 Å². The Morgan fingerprint density at radius 3 is 2.42 bits per heavy atom. The number of benzene rings is 2. The summed E-state index contributed by atoms with van der Waals surface area (Å²) in [5, 5.41) is 3.82. The first-order valence-corrected chi connectivity index (χ1v) is 8.05. The van der Waals surface area contributed by atoms with E-state index in [-0.39, 0.29) is 11.4 Å². The molecule has 1 amide bonds. The number of aromatic amines is 1. The molecule has 0 spiro atoms. The summed E-state index contributed by atoms with van der Waals surface area (Å²) in [6, 6.07) is 12.1. The number of fused-ring (bicyclic) bond motifs is 1. The van der Waals surface area contributed by atoms with Gasteiger partial charge in [-0.25, -0.2) is 0 Å². The number of rotatable bonds is 4. The average molecular weight is 383 g/mol. The second-order valence-corrected chi connectivity index (χ2v) is 6.05. The van der Waals surface area contributed by atoms with Crippen molar-refractivity contribution in [2.75, 3.05) is 0 Å². The highest BCUT2D eigenvalue weighted by atomic mass is 35.5. The van der Waals surface area contributed by atoms with Crippen LogP contribution >= 0.6 is 11.6 Å². The van der Waals surface area contributed by atoms with Crippen LogP contribution in [0.25, 0.3) is 10.9 Å². The van der Waals surface area contributed by atoms with Gasteiger partial charge < -0.3 is 15.0 Å². The van der Waals surface area contributed by atoms with Crippen molar-refractivity contribution in [3.63, 3.8) is 0 Å². The lowest BCUT2D eigenvalue weighted by Crippen LogP contribution is -2.27. The van der Waals surface area contributed by atoms with Gasteiger partial charge in [0.15, 0.2) is 0 Å². The molecule has 3 rings (SSSR count). The SMILES string of the molecule is CC(NC(=O)c1[nH]c2ccccc2c1Cl)c1ccc(OC(F)(F)F)cc1. The Morgan fingerprint density at radius 2 is 1.81 bits per heavy atom. The number of ether oxygens (including phenoxy) is 1. The van der Waals surface area contributed by atoms with E-state index in [0.29, 0.717) is 10.6 Å². The minimum Gasteiger partial charge on any atom is -0.406 e. The van der Waals surface area contributed by atoms with E-state index < -0.39 is 18.3 Å². The molecule has 4 nitrogen and oxygen atoms in total. The van der Waals surface area contributed by atoms with Crippen molar-refractivity contribution in [2.45, 2.75) is 19.3 Å². The van der Waals surface area contributed by atoms with E-state index in [4.69, 9.17) is 11.6 Å². The molecule has 1 atom stereocenters. The lowest BCUT2D eigenvalue weighted by Gasteiger charge is -2.15. The number of hydrogen-bond donors (Lipinski definition) is 2. The van der Waals surface area contributed by atoms with Gasteiger partial charge in [0.25, 0.3) is 5.91 Å². The first-order chi connectivity index (χ1) is 12.2. The van der Waals surface area contributed by atoms with Crippen LogP contribution in [-0.2, 0) is 0 Å². The second kappa shape index (κ2) is 6.92. The Morgan fingerprint density at radius 1 is 1.15 bits per heavy atom. The Labute approximate surface area is 151 Å². The summed E-state index contributed by atoms with van der Waals surface area (Å²) in [4.78, 5) is 15.4. The number of nitrogens with one attached hydrogen (secondary N) is 2. The number of carbonyl (C=O) groups is 1. The molecule has 0 saturated carbocycles. The fourth-order valence-electron chi connectivity index (χ4n) is 2.57. The summed E-state index contributed by atoms with van der Waals surface area (Å²) in [6.07, 6.45) is -4.74. The van der Waals surface area contributed by atoms with Crippen molar-refractivity contribution in [1.82, 2.24) is 10.3 Å². The summed E-state index contributed by atoms with van der Waals surface area (Å²) in [6.45, 7) is 1.72. The molecule has 0 aliphatic carbocycles. The third-order valence-electron chi connectivity index (χ3n) is 3.83. The van der Waals surface area contributed by atoms with Crippen molar-refractivity contribution in [2.24, 2.45) is 0 Å². The van der Waals surface area contributed by atoms with Gasteiger partial charge in [-0.15, -0.1) is 13.2 Å². The Balaban J connectivity index is 1.73. The zero-order chi connectivity index (χ0) is 18.9. The maximum absolute atomic E-state index is 12.5. The van der Waals surface area contributed by atoms with E-state index in [0.717, 1.165) is 10.9 Å². The molecule has 0 aliphatic rings. The lowest BCUT2D eigenvalue weighted by molar-refractivity contribution is -0.274. The smallest absolute Gasteiger partial charge is 0.406 e. The number of alkyl halides is 3. The number of aromatic nitrogens is 1. The van der Waals surface area contributed by atoms with E-state index >= 15 is 0 Å². The topological polar surface area (TPSA) is 54.1 Å². The molecule has 2 aromatic carbocycles. The number of hydrogen-bond acceptors (Lipinski definition) is 2. The molecule has 3 aromatic rings. The maximum atomic E-state index is 12.5. The van der Waals surface area contributed by atoms with Crippen LogP contribution in [0.15, 0.2) is 48.5 Å². The van der Waals surface area contributed by atoms with Crippen LogP contribution in [-0.4, -0.2) is 17.3 Å². The summed E-state index contributed by atoms with van der Waals surface area (Å²) >= 11 is 6.25. The number of carbonyl (C=O) groups excluding carboxylic acids is 1. The summed E-state index contributed by atoms with van der Waals surface area (Å²) in [7, 11) is 0. The van der Waals surface area contributed by atoms with Gasteiger partial charge in [0.2, 0.25) is 0 Å². The molecule has 0 saturated heterocycles. The van der Waals surface area contributed by atoms with Crippen LogP contribution in [0.1, 0.15) is 29.0 Å². The van der Waals surface area contributed by atoms with Gasteiger partial charge in [0, 0.05) is 10.9 Å². The van der Waals surface area contributed by atoms with Gasteiger partial charge in [-0.1, -0.05) is 41.9 Å². The van der Waals surface area contributed by atoms with E-state index in [9.17, 15) is 18.0 Å².